The molecule has 0 amide bonds. The van der Waals surface area contributed by atoms with E-state index in [4.69, 9.17) is 0 Å². The standard InChI is InChI=1S/C22H26/c1-3-4-18-7-11-20(12-8-18)22-15-13-21(14-16-22)19-9-5-17(2)6-10-19/h5-6,9-11,13-16,18H,3-4,7-8,12H2,1-2H3. The Morgan fingerprint density at radius 2 is 1.45 bits per heavy atom. The van der Waals surface area contributed by atoms with Crippen LogP contribution in [0.4, 0.5) is 0 Å². The van der Waals surface area contributed by atoms with Crippen molar-refractivity contribution in [2.45, 2.75) is 46.0 Å². The van der Waals surface area contributed by atoms with E-state index in [0.29, 0.717) is 0 Å². The van der Waals surface area contributed by atoms with E-state index < -0.39 is 0 Å². The van der Waals surface area contributed by atoms with Crippen molar-refractivity contribution in [1.29, 1.82) is 0 Å². The minimum atomic E-state index is 0.917. The van der Waals surface area contributed by atoms with Crippen LogP contribution in [0.5, 0.6) is 0 Å². The third-order valence-corrected chi connectivity index (χ3v) is 4.86. The summed E-state index contributed by atoms with van der Waals surface area (Å²) in [7, 11) is 0. The van der Waals surface area contributed by atoms with Crippen LogP contribution in [0, 0.1) is 12.8 Å². The summed E-state index contributed by atoms with van der Waals surface area (Å²) in [6.07, 6.45) is 9.05. The Kier molecular flexibility index (Phi) is 4.77. The Morgan fingerprint density at radius 3 is 2.00 bits per heavy atom. The number of hydrogen-bond donors (Lipinski definition) is 0. The maximum Gasteiger partial charge on any atom is -0.0184 e. The summed E-state index contributed by atoms with van der Waals surface area (Å²) in [6.45, 7) is 4.43. The van der Waals surface area contributed by atoms with E-state index in [1.165, 1.54) is 54.4 Å². The fourth-order valence-corrected chi connectivity index (χ4v) is 3.44. The minimum absolute atomic E-state index is 0.917. The molecule has 1 atom stereocenters. The van der Waals surface area contributed by atoms with Crippen LogP contribution in [0.1, 0.15) is 50.2 Å². The number of hydrogen-bond acceptors (Lipinski definition) is 0. The first kappa shape index (κ1) is 15.1. The average Bonchev–Trinajstić information content (AvgIpc) is 2.57. The van der Waals surface area contributed by atoms with E-state index in [9.17, 15) is 0 Å². The lowest BCUT2D eigenvalue weighted by Crippen LogP contribution is -2.04. The van der Waals surface area contributed by atoms with E-state index in [1.807, 2.05) is 0 Å². The number of benzene rings is 2. The van der Waals surface area contributed by atoms with E-state index in [2.05, 4.69) is 68.5 Å². The van der Waals surface area contributed by atoms with Crippen LogP contribution in [0.25, 0.3) is 16.7 Å². The largest absolute Gasteiger partial charge is 0.0804 e. The highest BCUT2D eigenvalue weighted by atomic mass is 14.2. The molecule has 0 saturated carbocycles. The third kappa shape index (κ3) is 3.50. The summed E-state index contributed by atoms with van der Waals surface area (Å²) < 4.78 is 0. The van der Waals surface area contributed by atoms with Crippen molar-refractivity contribution in [3.05, 3.63) is 65.7 Å². The van der Waals surface area contributed by atoms with Gasteiger partial charge in [0.2, 0.25) is 0 Å². The highest BCUT2D eigenvalue weighted by molar-refractivity contribution is 5.71. The summed E-state index contributed by atoms with van der Waals surface area (Å²) in [5, 5.41) is 0. The molecule has 0 fully saturated rings. The third-order valence-electron chi connectivity index (χ3n) is 4.86. The molecule has 0 heterocycles. The zero-order chi connectivity index (χ0) is 15.4. The summed E-state index contributed by atoms with van der Waals surface area (Å²) in [5.74, 6) is 0.917. The van der Waals surface area contributed by atoms with Gasteiger partial charge in [0.1, 0.15) is 0 Å². The summed E-state index contributed by atoms with van der Waals surface area (Å²) >= 11 is 0. The normalized spacial score (nSPS) is 18.1. The minimum Gasteiger partial charge on any atom is -0.0804 e. The predicted octanol–water partition coefficient (Wildman–Crippen LogP) is 6.65. The van der Waals surface area contributed by atoms with Crippen molar-refractivity contribution in [2.24, 2.45) is 5.92 Å². The monoisotopic (exact) mass is 290 g/mol. The van der Waals surface area contributed by atoms with E-state index in [0.717, 1.165) is 5.92 Å². The molecule has 0 saturated heterocycles. The van der Waals surface area contributed by atoms with Crippen LogP contribution < -0.4 is 0 Å². The SMILES string of the molecule is CCCC1CC=C(c2ccc(-c3ccc(C)cc3)cc2)CC1. The highest BCUT2D eigenvalue weighted by Crippen LogP contribution is 2.33. The van der Waals surface area contributed by atoms with Crippen molar-refractivity contribution in [1.82, 2.24) is 0 Å². The first-order chi connectivity index (χ1) is 10.8. The molecular formula is C22H26. The van der Waals surface area contributed by atoms with Gasteiger partial charge < -0.3 is 0 Å². The Balaban J connectivity index is 1.73. The second kappa shape index (κ2) is 6.96. The molecule has 0 N–H and O–H groups in total. The topological polar surface area (TPSA) is 0 Å². The van der Waals surface area contributed by atoms with Crippen LogP contribution in [0.2, 0.25) is 0 Å². The van der Waals surface area contributed by atoms with Crippen LogP contribution in [-0.4, -0.2) is 0 Å². The predicted molar refractivity (Wildman–Crippen MR) is 96.8 cm³/mol. The molecule has 22 heavy (non-hydrogen) atoms. The molecule has 0 radical (unpaired) electrons. The zero-order valence-corrected chi connectivity index (χ0v) is 13.8. The van der Waals surface area contributed by atoms with Gasteiger partial charge in [-0.25, -0.2) is 0 Å². The van der Waals surface area contributed by atoms with Crippen LogP contribution in [0.3, 0.4) is 0 Å². The molecule has 0 spiro atoms. The molecule has 0 heteroatoms. The van der Waals surface area contributed by atoms with Gasteiger partial charge in [-0.3, -0.25) is 0 Å². The molecule has 0 bridgehead atoms. The lowest BCUT2D eigenvalue weighted by atomic mass is 9.84. The van der Waals surface area contributed by atoms with Crippen molar-refractivity contribution >= 4 is 5.57 Å². The Labute approximate surface area is 134 Å². The second-order valence-electron chi connectivity index (χ2n) is 6.60. The lowest BCUT2D eigenvalue weighted by Gasteiger charge is -2.21. The molecule has 2 aromatic rings. The molecule has 2 aromatic carbocycles. The Morgan fingerprint density at radius 1 is 0.864 bits per heavy atom. The maximum absolute atomic E-state index is 2.48. The van der Waals surface area contributed by atoms with Crippen molar-refractivity contribution < 1.29 is 0 Å². The molecule has 114 valence electrons. The first-order valence-corrected chi connectivity index (χ1v) is 8.63. The van der Waals surface area contributed by atoms with E-state index in [-0.39, 0.29) is 0 Å². The number of aryl methyl sites for hydroxylation is 1. The average molecular weight is 290 g/mol. The molecule has 1 unspecified atom stereocenters. The molecule has 1 aliphatic rings. The Hall–Kier alpha value is -1.82. The van der Waals surface area contributed by atoms with Gasteiger partial charge in [-0.15, -0.1) is 0 Å². The summed E-state index contributed by atoms with van der Waals surface area (Å²) in [6, 6.07) is 17.9. The maximum atomic E-state index is 2.48. The van der Waals surface area contributed by atoms with Gasteiger partial charge >= 0.3 is 0 Å². The highest BCUT2D eigenvalue weighted by Gasteiger charge is 2.14. The molecule has 0 nitrogen and oxygen atoms in total. The zero-order valence-electron chi connectivity index (χ0n) is 13.8. The molecule has 3 rings (SSSR count). The summed E-state index contributed by atoms with van der Waals surface area (Å²) in [4.78, 5) is 0. The van der Waals surface area contributed by atoms with Gasteiger partial charge in [-0.2, -0.15) is 0 Å². The van der Waals surface area contributed by atoms with Crippen molar-refractivity contribution in [3.63, 3.8) is 0 Å². The van der Waals surface area contributed by atoms with Crippen LogP contribution in [0.15, 0.2) is 54.6 Å². The van der Waals surface area contributed by atoms with Crippen LogP contribution >= 0.6 is 0 Å². The number of allylic oxidation sites excluding steroid dienone is 2. The quantitative estimate of drug-likeness (QED) is 0.591. The fraction of sp³-hybridized carbons (Fsp3) is 0.364. The van der Waals surface area contributed by atoms with Gasteiger partial charge in [-0.05, 0) is 54.4 Å². The lowest BCUT2D eigenvalue weighted by molar-refractivity contribution is 0.445. The first-order valence-electron chi connectivity index (χ1n) is 8.63. The van der Waals surface area contributed by atoms with E-state index >= 15 is 0 Å². The van der Waals surface area contributed by atoms with Gasteiger partial charge in [0.05, 0.1) is 0 Å². The van der Waals surface area contributed by atoms with Crippen LogP contribution in [-0.2, 0) is 0 Å². The smallest absolute Gasteiger partial charge is 0.0184 e. The summed E-state index contributed by atoms with van der Waals surface area (Å²) in [5.41, 5.74) is 6.88. The van der Waals surface area contributed by atoms with Gasteiger partial charge in [0.15, 0.2) is 0 Å². The molecule has 0 aliphatic heterocycles. The molecular weight excluding hydrogens is 264 g/mol. The number of rotatable bonds is 4. The Bertz CT molecular complexity index is 629. The molecule has 0 aromatic heterocycles. The van der Waals surface area contributed by atoms with Crippen molar-refractivity contribution in [3.8, 4) is 11.1 Å². The fourth-order valence-electron chi connectivity index (χ4n) is 3.44. The van der Waals surface area contributed by atoms with Gasteiger partial charge in [0.25, 0.3) is 0 Å². The van der Waals surface area contributed by atoms with Gasteiger partial charge in [0, 0.05) is 0 Å². The van der Waals surface area contributed by atoms with E-state index in [1.54, 1.807) is 5.57 Å². The second-order valence-corrected chi connectivity index (χ2v) is 6.60. The van der Waals surface area contributed by atoms with Gasteiger partial charge in [-0.1, -0.05) is 79.9 Å². The van der Waals surface area contributed by atoms with Crippen molar-refractivity contribution in [2.75, 3.05) is 0 Å². The molecule has 1 aliphatic carbocycles.